The van der Waals surface area contributed by atoms with E-state index in [9.17, 15) is 0 Å². The molecule has 0 fully saturated rings. The summed E-state index contributed by atoms with van der Waals surface area (Å²) in [7, 11) is 0. The standard InChI is InChI=1S/C6H5.Mo.2H3O3PS/c1-2-4-6-5-3-1;;2*1-4(2,3)5/h1-5H;;2*(H3,1,2,3,5). The normalized spacial score (nSPS) is 10.5. The van der Waals surface area contributed by atoms with Crippen LogP contribution in [-0.2, 0) is 43.4 Å². The quantitative estimate of drug-likeness (QED) is 0.248. The molecular formula is C6H11MoO6P2S2. The first kappa shape index (κ1) is 20.3. The van der Waals surface area contributed by atoms with Gasteiger partial charge in [-0.2, -0.15) is 0 Å². The first-order valence-corrected chi connectivity index (χ1v) is 10.0. The molecular weight excluding hydrogens is 390 g/mol. The molecule has 0 aliphatic rings. The summed E-state index contributed by atoms with van der Waals surface area (Å²) in [5.41, 5.74) is 0. The van der Waals surface area contributed by atoms with Crippen LogP contribution in [0.3, 0.4) is 0 Å². The molecule has 99 valence electrons. The van der Waals surface area contributed by atoms with Crippen LogP contribution in [0.4, 0.5) is 0 Å². The van der Waals surface area contributed by atoms with Gasteiger partial charge in [-0.05, 0) is 23.6 Å². The number of hydrogen-bond donors (Lipinski definition) is 6. The van der Waals surface area contributed by atoms with E-state index in [0.717, 1.165) is 0 Å². The minimum atomic E-state index is -3.81. The van der Waals surface area contributed by atoms with Crippen LogP contribution in [0.2, 0.25) is 0 Å². The minimum absolute atomic E-state index is 1.33. The number of hydrogen-bond acceptors (Lipinski definition) is 2. The van der Waals surface area contributed by atoms with E-state index < -0.39 is 13.4 Å². The van der Waals surface area contributed by atoms with E-state index >= 15 is 0 Å². The Labute approximate surface area is 120 Å². The molecule has 0 heterocycles. The zero-order chi connectivity index (χ0) is 14.1. The van der Waals surface area contributed by atoms with Gasteiger partial charge in [0.25, 0.3) is 0 Å². The van der Waals surface area contributed by atoms with E-state index in [1.807, 2.05) is 38.0 Å². The van der Waals surface area contributed by atoms with Crippen molar-refractivity contribution in [2.75, 3.05) is 0 Å². The van der Waals surface area contributed by atoms with E-state index in [1.165, 1.54) is 3.95 Å². The fourth-order valence-electron chi connectivity index (χ4n) is 0.420. The summed E-state index contributed by atoms with van der Waals surface area (Å²) in [6.45, 7) is -7.61. The Kier molecular flexibility index (Phi) is 11.7. The molecule has 6 N–H and O–H groups in total. The van der Waals surface area contributed by atoms with Crippen molar-refractivity contribution in [2.24, 2.45) is 0 Å². The van der Waals surface area contributed by atoms with E-state index in [2.05, 4.69) is 35.7 Å². The summed E-state index contributed by atoms with van der Waals surface area (Å²) in [5, 5.41) is 0. The molecule has 0 aromatic heterocycles. The molecule has 0 saturated heterocycles. The summed E-state index contributed by atoms with van der Waals surface area (Å²) in [6, 6.07) is 10.3. The van der Waals surface area contributed by atoms with E-state index in [1.54, 1.807) is 0 Å². The Morgan fingerprint density at radius 2 is 1.00 bits per heavy atom. The van der Waals surface area contributed by atoms with Gasteiger partial charge in [-0.15, -0.1) is 0 Å². The van der Waals surface area contributed by atoms with Crippen molar-refractivity contribution in [1.82, 2.24) is 0 Å². The van der Waals surface area contributed by atoms with Crippen molar-refractivity contribution in [2.45, 2.75) is 0 Å². The molecule has 0 spiro atoms. The van der Waals surface area contributed by atoms with Crippen molar-refractivity contribution < 1.29 is 49.2 Å². The molecule has 17 heavy (non-hydrogen) atoms. The summed E-state index contributed by atoms with van der Waals surface area (Å²) in [6.07, 6.45) is 0. The van der Waals surface area contributed by atoms with Gasteiger partial charge < -0.3 is 29.4 Å². The first-order valence-electron chi connectivity index (χ1n) is 3.68. The third kappa shape index (κ3) is 47.3. The van der Waals surface area contributed by atoms with Crippen molar-refractivity contribution in [3.63, 3.8) is 0 Å². The van der Waals surface area contributed by atoms with Gasteiger partial charge >= 0.3 is 67.5 Å². The van der Waals surface area contributed by atoms with Gasteiger partial charge in [-0.1, -0.05) is 0 Å². The molecule has 0 aliphatic carbocycles. The average molecular weight is 401 g/mol. The van der Waals surface area contributed by atoms with Gasteiger partial charge in [-0.25, -0.2) is 0 Å². The third-order valence-corrected chi connectivity index (χ3v) is 1.41. The van der Waals surface area contributed by atoms with Crippen LogP contribution in [0.15, 0.2) is 30.3 Å². The topological polar surface area (TPSA) is 121 Å². The van der Waals surface area contributed by atoms with Crippen molar-refractivity contribution in [3.05, 3.63) is 30.3 Å². The van der Waals surface area contributed by atoms with Crippen LogP contribution < -0.4 is 3.95 Å². The molecule has 0 unspecified atom stereocenters. The molecule has 1 rings (SSSR count). The van der Waals surface area contributed by atoms with Gasteiger partial charge in [-0.3, -0.25) is 0 Å². The summed E-state index contributed by atoms with van der Waals surface area (Å²) in [5.74, 6) is 0. The van der Waals surface area contributed by atoms with Crippen LogP contribution in [-0.4, -0.2) is 29.4 Å². The van der Waals surface area contributed by atoms with Crippen molar-refractivity contribution in [3.8, 4) is 0 Å². The fourth-order valence-corrected chi connectivity index (χ4v) is 0.807. The van der Waals surface area contributed by atoms with Crippen LogP contribution in [0.1, 0.15) is 0 Å². The predicted octanol–water partition coefficient (Wildman–Crippen LogP) is -0.766. The second-order valence-corrected chi connectivity index (χ2v) is 8.49. The monoisotopic (exact) mass is 403 g/mol. The molecule has 11 heteroatoms. The predicted molar refractivity (Wildman–Crippen MR) is 68.0 cm³/mol. The third-order valence-electron chi connectivity index (χ3n) is 0.743. The summed E-state index contributed by atoms with van der Waals surface area (Å²) >= 11 is 9.23. The maximum atomic E-state index is 7.56. The molecule has 0 radical (unpaired) electrons. The summed E-state index contributed by atoms with van der Waals surface area (Å²) < 4.78 is 1.33. The summed E-state index contributed by atoms with van der Waals surface area (Å²) in [4.78, 5) is 45.3. The van der Waals surface area contributed by atoms with Crippen LogP contribution in [0, 0.1) is 0 Å². The van der Waals surface area contributed by atoms with Gasteiger partial charge in [0.05, 0.1) is 0 Å². The Morgan fingerprint density at radius 1 is 0.765 bits per heavy atom. The molecule has 1 aromatic rings. The number of benzene rings is 1. The fraction of sp³-hybridized carbons (Fsp3) is 0. The second-order valence-electron chi connectivity index (χ2n) is 2.34. The molecule has 0 amide bonds. The van der Waals surface area contributed by atoms with Gasteiger partial charge in [0.15, 0.2) is 0 Å². The van der Waals surface area contributed by atoms with Gasteiger partial charge in [0.1, 0.15) is 0 Å². The van der Waals surface area contributed by atoms with Crippen LogP contribution in [0.5, 0.6) is 0 Å². The van der Waals surface area contributed by atoms with E-state index in [4.69, 9.17) is 29.4 Å². The molecule has 0 bridgehead atoms. The van der Waals surface area contributed by atoms with Gasteiger partial charge in [0, 0.05) is 0 Å². The Balaban J connectivity index is 0. The second kappa shape index (κ2) is 9.84. The Morgan fingerprint density at radius 3 is 1.12 bits per heavy atom. The average Bonchev–Trinajstić information content (AvgIpc) is 1.98. The Hall–Kier alpha value is 0.968. The van der Waals surface area contributed by atoms with E-state index in [-0.39, 0.29) is 0 Å². The first-order chi connectivity index (χ1) is 7.39. The SMILES string of the molecule is OP(O)(O)=S.OP(O)(O)=S.[Mo][c]1ccccc1. The van der Waals surface area contributed by atoms with Gasteiger partial charge in [0.2, 0.25) is 0 Å². The van der Waals surface area contributed by atoms with Crippen LogP contribution in [0.25, 0.3) is 0 Å². The zero-order valence-corrected chi connectivity index (χ0v) is 13.6. The van der Waals surface area contributed by atoms with Crippen LogP contribution >= 0.6 is 13.4 Å². The molecule has 0 aliphatic heterocycles. The molecule has 1 aromatic carbocycles. The van der Waals surface area contributed by atoms with Crippen molar-refractivity contribution >= 4 is 41.0 Å². The Bertz CT molecular complexity index is 354. The molecule has 0 saturated carbocycles. The molecule has 6 nitrogen and oxygen atoms in total. The van der Waals surface area contributed by atoms with E-state index in [0.29, 0.717) is 0 Å². The number of rotatable bonds is 0. The zero-order valence-electron chi connectivity index (χ0n) is 8.19. The maximum absolute atomic E-state index is 7.56. The molecule has 0 atom stereocenters. The van der Waals surface area contributed by atoms with Crippen molar-refractivity contribution in [1.29, 1.82) is 0 Å².